The van der Waals surface area contributed by atoms with E-state index in [-0.39, 0.29) is 5.91 Å². The first-order chi connectivity index (χ1) is 15.1. The molecule has 5 rings (SSSR count). The summed E-state index contributed by atoms with van der Waals surface area (Å²) in [7, 11) is 0. The fourth-order valence-electron chi connectivity index (χ4n) is 4.44. The summed E-state index contributed by atoms with van der Waals surface area (Å²) >= 11 is 12.6. The van der Waals surface area contributed by atoms with Gasteiger partial charge < -0.3 is 14.8 Å². The first-order valence-electron chi connectivity index (χ1n) is 10.8. The molecule has 3 aromatic rings. The van der Waals surface area contributed by atoms with Crippen molar-refractivity contribution in [2.24, 2.45) is 0 Å². The summed E-state index contributed by atoms with van der Waals surface area (Å²) < 4.78 is 0. The van der Waals surface area contributed by atoms with Crippen molar-refractivity contribution < 1.29 is 4.79 Å². The summed E-state index contributed by atoms with van der Waals surface area (Å²) in [4.78, 5) is 27.2. The van der Waals surface area contributed by atoms with E-state index in [9.17, 15) is 4.79 Å². The van der Waals surface area contributed by atoms with Crippen LogP contribution in [0.5, 0.6) is 0 Å². The third-order valence-electron chi connectivity index (χ3n) is 6.21. The average Bonchev–Trinajstić information content (AvgIpc) is 3.43. The molecule has 6 nitrogen and oxygen atoms in total. The van der Waals surface area contributed by atoms with Gasteiger partial charge in [-0.3, -0.25) is 9.69 Å². The summed E-state index contributed by atoms with van der Waals surface area (Å²) in [5.41, 5.74) is 3.68. The van der Waals surface area contributed by atoms with Gasteiger partial charge in [-0.15, -0.1) is 0 Å². The largest absolute Gasteiger partial charge is 0.368 e. The first kappa shape index (κ1) is 20.6. The minimum atomic E-state index is 0.249. The van der Waals surface area contributed by atoms with E-state index in [0.717, 1.165) is 67.4 Å². The maximum atomic E-state index is 12.6. The average molecular weight is 458 g/mol. The van der Waals surface area contributed by atoms with Crippen molar-refractivity contribution in [2.45, 2.75) is 12.8 Å². The van der Waals surface area contributed by atoms with E-state index in [1.54, 1.807) is 0 Å². The molecular weight excluding hydrogens is 433 g/mol. The molecule has 2 fully saturated rings. The number of carbonyl (C=O) groups excluding carboxylic acids is 1. The van der Waals surface area contributed by atoms with Gasteiger partial charge in [-0.05, 0) is 62.3 Å². The van der Waals surface area contributed by atoms with E-state index >= 15 is 0 Å². The number of anilines is 1. The second kappa shape index (κ2) is 8.69. The molecule has 0 saturated carbocycles. The van der Waals surface area contributed by atoms with E-state index in [1.807, 2.05) is 35.2 Å². The number of nitrogens with zero attached hydrogens (tertiary/aromatic N) is 4. The topological polar surface area (TPSA) is 55.5 Å². The number of amides is 1. The van der Waals surface area contributed by atoms with Gasteiger partial charge in [0.25, 0.3) is 0 Å². The maximum absolute atomic E-state index is 12.6. The van der Waals surface area contributed by atoms with E-state index in [1.165, 1.54) is 12.8 Å². The number of carbonyl (C=O) groups is 1. The fraction of sp³-hybridized carbons (Fsp3) is 0.391. The summed E-state index contributed by atoms with van der Waals surface area (Å²) in [6, 6.07) is 11.6. The molecule has 0 atom stereocenters. The van der Waals surface area contributed by atoms with Crippen molar-refractivity contribution in [1.29, 1.82) is 0 Å². The Balaban J connectivity index is 1.29. The van der Waals surface area contributed by atoms with Gasteiger partial charge >= 0.3 is 0 Å². The van der Waals surface area contributed by atoms with Crippen molar-refractivity contribution in [3.05, 3.63) is 46.4 Å². The first-order valence-corrected chi connectivity index (χ1v) is 11.5. The summed E-state index contributed by atoms with van der Waals surface area (Å²) in [6.45, 7) is 5.76. The van der Waals surface area contributed by atoms with Gasteiger partial charge in [0.15, 0.2) is 0 Å². The molecule has 0 spiro atoms. The molecule has 8 heteroatoms. The number of likely N-dealkylation sites (tertiary alicyclic amines) is 1. The number of fused-ring (bicyclic) bond motifs is 1. The molecule has 2 saturated heterocycles. The number of rotatable bonds is 4. The molecule has 1 N–H and O–H groups in total. The minimum absolute atomic E-state index is 0.249. The van der Waals surface area contributed by atoms with Gasteiger partial charge in [-0.1, -0.05) is 23.2 Å². The van der Waals surface area contributed by atoms with Crippen molar-refractivity contribution >= 4 is 45.8 Å². The van der Waals surface area contributed by atoms with Crippen LogP contribution in [0.2, 0.25) is 10.0 Å². The van der Waals surface area contributed by atoms with Crippen LogP contribution in [0.4, 0.5) is 5.69 Å². The lowest BCUT2D eigenvalue weighted by Gasteiger charge is -2.37. The number of halogens is 2. The third-order valence-corrected chi connectivity index (χ3v) is 6.77. The number of benzene rings is 2. The highest BCUT2D eigenvalue weighted by molar-refractivity contribution is 6.33. The highest BCUT2D eigenvalue weighted by atomic mass is 35.5. The fourth-order valence-corrected chi connectivity index (χ4v) is 4.82. The van der Waals surface area contributed by atoms with Crippen LogP contribution in [-0.2, 0) is 4.79 Å². The van der Waals surface area contributed by atoms with E-state index in [0.29, 0.717) is 16.6 Å². The Morgan fingerprint density at radius 1 is 0.968 bits per heavy atom. The number of H-pyrrole nitrogens is 1. The number of nitrogens with one attached hydrogen (secondary N) is 1. The highest BCUT2D eigenvalue weighted by Gasteiger charge is 2.24. The normalized spacial score (nSPS) is 17.6. The molecule has 162 valence electrons. The highest BCUT2D eigenvalue weighted by Crippen LogP contribution is 2.32. The molecule has 0 aliphatic carbocycles. The quantitative estimate of drug-likeness (QED) is 0.634. The van der Waals surface area contributed by atoms with E-state index in [4.69, 9.17) is 23.2 Å². The van der Waals surface area contributed by atoms with Gasteiger partial charge in [0.1, 0.15) is 5.82 Å². The summed E-state index contributed by atoms with van der Waals surface area (Å²) in [5, 5.41) is 1.30. The number of piperazine rings is 1. The molecule has 2 aromatic carbocycles. The standard InChI is InChI=1S/C23H25Cl2N5O/c24-16-3-6-20-21(13-16)27-23(26-20)18-14-17(4-5-19(18)25)29-9-11-30(12-10-29)22(31)15-28-7-1-2-8-28/h3-6,13-14H,1-2,7-12,15H2,(H,26,27). The number of aromatic nitrogens is 2. The van der Waals surface area contributed by atoms with Gasteiger partial charge in [0, 0.05) is 42.5 Å². The molecule has 31 heavy (non-hydrogen) atoms. The molecule has 2 aliphatic rings. The van der Waals surface area contributed by atoms with Crippen LogP contribution < -0.4 is 4.90 Å². The minimum Gasteiger partial charge on any atom is -0.368 e. The van der Waals surface area contributed by atoms with E-state index < -0.39 is 0 Å². The number of imidazole rings is 1. The lowest BCUT2D eigenvalue weighted by Crippen LogP contribution is -2.51. The second-order valence-electron chi connectivity index (χ2n) is 8.26. The van der Waals surface area contributed by atoms with Gasteiger partial charge in [0.05, 0.1) is 22.6 Å². The predicted octanol–water partition coefficient (Wildman–Crippen LogP) is 4.28. The summed E-state index contributed by atoms with van der Waals surface area (Å²) in [6.07, 6.45) is 2.41. The van der Waals surface area contributed by atoms with Crippen molar-refractivity contribution in [3.8, 4) is 11.4 Å². The van der Waals surface area contributed by atoms with Gasteiger partial charge in [0.2, 0.25) is 5.91 Å². The van der Waals surface area contributed by atoms with Crippen molar-refractivity contribution in [2.75, 3.05) is 50.7 Å². The third kappa shape index (κ3) is 4.38. The van der Waals surface area contributed by atoms with E-state index in [2.05, 4.69) is 25.8 Å². The maximum Gasteiger partial charge on any atom is 0.236 e. The Kier molecular flexibility index (Phi) is 5.78. The molecule has 1 amide bonds. The Morgan fingerprint density at radius 2 is 1.74 bits per heavy atom. The summed E-state index contributed by atoms with van der Waals surface area (Å²) in [5.74, 6) is 0.975. The van der Waals surface area contributed by atoms with Crippen molar-refractivity contribution in [3.63, 3.8) is 0 Å². The number of hydrogen-bond donors (Lipinski definition) is 1. The van der Waals surface area contributed by atoms with Crippen LogP contribution >= 0.6 is 23.2 Å². The lowest BCUT2D eigenvalue weighted by molar-refractivity contribution is -0.132. The Morgan fingerprint density at radius 3 is 2.52 bits per heavy atom. The van der Waals surface area contributed by atoms with Crippen molar-refractivity contribution in [1.82, 2.24) is 19.8 Å². The zero-order valence-corrected chi connectivity index (χ0v) is 18.8. The monoisotopic (exact) mass is 457 g/mol. The molecule has 0 radical (unpaired) electrons. The van der Waals surface area contributed by atoms with Gasteiger partial charge in [-0.25, -0.2) is 4.98 Å². The van der Waals surface area contributed by atoms with Crippen LogP contribution in [0.1, 0.15) is 12.8 Å². The second-order valence-corrected chi connectivity index (χ2v) is 9.11. The Labute approximate surface area is 191 Å². The Hall–Kier alpha value is -2.28. The molecule has 2 aliphatic heterocycles. The Bertz CT molecular complexity index is 1100. The molecular formula is C23H25Cl2N5O. The van der Waals surface area contributed by atoms with Crippen LogP contribution in [0, 0.1) is 0 Å². The number of aromatic amines is 1. The predicted molar refractivity (Wildman–Crippen MR) is 126 cm³/mol. The lowest BCUT2D eigenvalue weighted by atomic mass is 10.1. The zero-order chi connectivity index (χ0) is 21.4. The number of hydrogen-bond acceptors (Lipinski definition) is 4. The van der Waals surface area contributed by atoms with Crippen LogP contribution in [0.3, 0.4) is 0 Å². The molecule has 1 aromatic heterocycles. The smallest absolute Gasteiger partial charge is 0.236 e. The molecule has 0 unspecified atom stereocenters. The molecule has 3 heterocycles. The van der Waals surface area contributed by atoms with Crippen LogP contribution in [0.15, 0.2) is 36.4 Å². The van der Waals surface area contributed by atoms with Crippen LogP contribution in [-0.4, -0.2) is 71.5 Å². The van der Waals surface area contributed by atoms with Crippen LogP contribution in [0.25, 0.3) is 22.4 Å². The SMILES string of the molecule is O=C(CN1CCCC1)N1CCN(c2ccc(Cl)c(-c3nc4cc(Cl)ccc4[nH]3)c2)CC1. The zero-order valence-electron chi connectivity index (χ0n) is 17.3. The molecule has 0 bridgehead atoms. The van der Waals surface area contributed by atoms with Gasteiger partial charge in [-0.2, -0.15) is 0 Å².